The Morgan fingerprint density at radius 1 is 0.905 bits per heavy atom. The van der Waals surface area contributed by atoms with Crippen LogP contribution in [0.3, 0.4) is 0 Å². The number of aromatic nitrogens is 2. The third-order valence-corrected chi connectivity index (χ3v) is 9.51. The fourth-order valence-corrected chi connectivity index (χ4v) is 7.62. The normalized spacial score (nSPS) is 20.5. The Morgan fingerprint density at radius 3 is 2.29 bits per heavy atom. The smallest absolute Gasteiger partial charge is 0.213 e. The van der Waals surface area contributed by atoms with E-state index in [2.05, 4.69) is 136 Å². The molecule has 0 bridgehead atoms. The molecule has 4 aromatic rings. The Bertz CT molecular complexity index is 1730. The fourth-order valence-electron chi connectivity index (χ4n) is 7.62. The molecule has 3 heteroatoms. The number of hydrogen-bond donors (Lipinski definition) is 1. The van der Waals surface area contributed by atoms with Crippen LogP contribution in [0.25, 0.3) is 28.0 Å². The van der Waals surface area contributed by atoms with E-state index >= 15 is 0 Å². The van der Waals surface area contributed by atoms with E-state index in [-0.39, 0.29) is 23.4 Å². The summed E-state index contributed by atoms with van der Waals surface area (Å²) in [6.07, 6.45) is 8.45. The Kier molecular flexibility index (Phi) is 6.96. The highest BCUT2D eigenvalue weighted by molar-refractivity contribution is 5.76. The maximum Gasteiger partial charge on any atom is 0.213 e. The third kappa shape index (κ3) is 4.51. The Hall–Kier alpha value is -3.98. The van der Waals surface area contributed by atoms with Crippen LogP contribution in [0.1, 0.15) is 92.0 Å². The van der Waals surface area contributed by atoms with Gasteiger partial charge in [0.1, 0.15) is 5.92 Å². The van der Waals surface area contributed by atoms with E-state index in [0.29, 0.717) is 5.76 Å². The molecule has 2 aromatic carbocycles. The van der Waals surface area contributed by atoms with E-state index in [1.54, 1.807) is 0 Å². The lowest BCUT2D eigenvalue weighted by Gasteiger charge is -2.32. The van der Waals surface area contributed by atoms with Crippen LogP contribution in [-0.4, -0.2) is 5.11 Å². The minimum absolute atomic E-state index is 0.0681. The van der Waals surface area contributed by atoms with Crippen molar-refractivity contribution in [1.29, 1.82) is 0 Å². The second-order valence-corrected chi connectivity index (χ2v) is 13.4. The van der Waals surface area contributed by atoms with E-state index in [1.165, 1.54) is 50.2 Å². The lowest BCUT2D eigenvalue weighted by Crippen LogP contribution is -2.53. The lowest BCUT2D eigenvalue weighted by atomic mass is 9.76. The van der Waals surface area contributed by atoms with Gasteiger partial charge in [0.05, 0.1) is 22.5 Å². The molecule has 0 amide bonds. The van der Waals surface area contributed by atoms with Crippen molar-refractivity contribution in [2.45, 2.75) is 84.7 Å². The summed E-state index contributed by atoms with van der Waals surface area (Å²) in [6.45, 7) is 19.6. The highest BCUT2D eigenvalue weighted by atomic mass is 16.3. The number of aliphatic hydroxyl groups is 1. The summed E-state index contributed by atoms with van der Waals surface area (Å²) < 4.78 is 5.00. The molecule has 42 heavy (non-hydrogen) atoms. The number of rotatable bonds is 4. The molecule has 0 radical (unpaired) electrons. The Labute approximate surface area is 251 Å². The minimum Gasteiger partial charge on any atom is -0.512 e. The molecule has 0 spiro atoms. The summed E-state index contributed by atoms with van der Waals surface area (Å²) in [5.41, 5.74) is 13.8. The molecule has 0 aliphatic carbocycles. The first-order chi connectivity index (χ1) is 20.0. The quantitative estimate of drug-likeness (QED) is 0.152. The molecule has 3 atom stereocenters. The summed E-state index contributed by atoms with van der Waals surface area (Å²) in [5, 5.41) is 11.1. The maximum absolute atomic E-state index is 11.1. The number of nitrogens with zero attached hydrogens (tertiary/aromatic N) is 2. The van der Waals surface area contributed by atoms with Gasteiger partial charge in [0.15, 0.2) is 24.5 Å². The first-order valence-electron chi connectivity index (χ1n) is 15.3. The Morgan fingerprint density at radius 2 is 1.62 bits per heavy atom. The van der Waals surface area contributed by atoms with Crippen molar-refractivity contribution in [1.82, 2.24) is 0 Å². The second kappa shape index (κ2) is 10.4. The van der Waals surface area contributed by atoms with E-state index in [4.69, 9.17) is 0 Å². The van der Waals surface area contributed by atoms with Gasteiger partial charge in [-0.1, -0.05) is 63.2 Å². The first kappa shape index (κ1) is 28.2. The average Bonchev–Trinajstić information content (AvgIpc) is 3.31. The summed E-state index contributed by atoms with van der Waals surface area (Å²) in [6, 6.07) is 22.7. The number of aliphatic hydroxyl groups excluding tert-OH is 1. The molecule has 0 saturated carbocycles. The number of fused-ring (bicyclic) bond motifs is 4. The molecule has 214 valence electrons. The zero-order chi connectivity index (χ0) is 29.9. The maximum atomic E-state index is 11.1. The highest BCUT2D eigenvalue weighted by Crippen LogP contribution is 2.50. The highest BCUT2D eigenvalue weighted by Gasteiger charge is 2.52. The number of benzene rings is 2. The van der Waals surface area contributed by atoms with E-state index in [1.807, 2.05) is 6.92 Å². The predicted molar refractivity (Wildman–Crippen MR) is 173 cm³/mol. The fraction of sp³-hybridized carbons (Fsp3) is 0.333. The first-order valence-corrected chi connectivity index (χ1v) is 15.3. The summed E-state index contributed by atoms with van der Waals surface area (Å²) in [7, 11) is 0. The van der Waals surface area contributed by atoms with E-state index in [0.717, 1.165) is 24.1 Å². The van der Waals surface area contributed by atoms with Gasteiger partial charge in [0, 0.05) is 30.5 Å². The molecule has 2 aromatic heterocycles. The molecule has 2 aliphatic rings. The summed E-state index contributed by atoms with van der Waals surface area (Å²) in [4.78, 5) is 0. The van der Waals surface area contributed by atoms with Crippen molar-refractivity contribution in [2.75, 3.05) is 0 Å². The summed E-state index contributed by atoms with van der Waals surface area (Å²) in [5.74, 6) is 0.615. The zero-order valence-corrected chi connectivity index (χ0v) is 26.2. The second-order valence-electron chi connectivity index (χ2n) is 13.4. The molecule has 3 unspecified atom stereocenters. The van der Waals surface area contributed by atoms with Crippen molar-refractivity contribution in [3.8, 4) is 22.4 Å². The van der Waals surface area contributed by atoms with E-state index < -0.39 is 0 Å². The predicted octanol–water partition coefficient (Wildman–Crippen LogP) is 8.97. The van der Waals surface area contributed by atoms with Crippen LogP contribution in [0, 0.1) is 20.8 Å². The van der Waals surface area contributed by atoms with Crippen LogP contribution in [-0.2, 0) is 5.41 Å². The number of hydrogen-bond acceptors (Lipinski definition) is 1. The number of allylic oxidation sites excluding steroid dienone is 3. The SMILES string of the molecule is C=CCC1C(C2C/C(=C(\C)O)c3cc(C(C)(C)C)c(-c4c(C)cccc4C)c[n+]32)c2ccccc2-c2ccc(C)c[n+]21. The van der Waals surface area contributed by atoms with Gasteiger partial charge in [0.25, 0.3) is 0 Å². The van der Waals surface area contributed by atoms with Gasteiger partial charge in [0.2, 0.25) is 11.4 Å². The van der Waals surface area contributed by atoms with Gasteiger partial charge < -0.3 is 5.11 Å². The number of aryl methyl sites for hydroxylation is 3. The molecular formula is C39H44N2O+2. The number of pyridine rings is 2. The third-order valence-electron chi connectivity index (χ3n) is 9.51. The minimum atomic E-state index is -0.0681. The van der Waals surface area contributed by atoms with Gasteiger partial charge in [-0.15, -0.1) is 6.58 Å². The summed E-state index contributed by atoms with van der Waals surface area (Å²) >= 11 is 0. The average molecular weight is 557 g/mol. The molecule has 0 fully saturated rings. The van der Waals surface area contributed by atoms with Crippen LogP contribution in [0.2, 0.25) is 0 Å². The van der Waals surface area contributed by atoms with Crippen molar-refractivity contribution >= 4 is 5.57 Å². The van der Waals surface area contributed by atoms with Crippen molar-refractivity contribution in [2.24, 2.45) is 0 Å². The van der Waals surface area contributed by atoms with Crippen molar-refractivity contribution < 1.29 is 14.2 Å². The van der Waals surface area contributed by atoms with Gasteiger partial charge in [-0.3, -0.25) is 0 Å². The molecule has 4 heterocycles. The van der Waals surface area contributed by atoms with Crippen LogP contribution in [0.5, 0.6) is 0 Å². The molecular weight excluding hydrogens is 512 g/mol. The largest absolute Gasteiger partial charge is 0.512 e. The lowest BCUT2D eigenvalue weighted by molar-refractivity contribution is -0.754. The van der Waals surface area contributed by atoms with Gasteiger partial charge >= 0.3 is 0 Å². The van der Waals surface area contributed by atoms with E-state index in [9.17, 15) is 5.11 Å². The topological polar surface area (TPSA) is 28.0 Å². The van der Waals surface area contributed by atoms with Gasteiger partial charge in [-0.05, 0) is 73.1 Å². The van der Waals surface area contributed by atoms with Crippen LogP contribution < -0.4 is 9.13 Å². The van der Waals surface area contributed by atoms with Crippen LogP contribution in [0.15, 0.2) is 91.5 Å². The Balaban J connectivity index is 1.65. The van der Waals surface area contributed by atoms with Crippen molar-refractivity contribution in [3.63, 3.8) is 0 Å². The molecule has 3 nitrogen and oxygen atoms in total. The van der Waals surface area contributed by atoms with Gasteiger partial charge in [-0.25, -0.2) is 0 Å². The molecule has 1 N–H and O–H groups in total. The standard InChI is InChI=1S/C39H43N2O/c1-9-13-34-38(29-17-11-10-16-28(29)33-19-18-24(2)22-40(33)34)36-20-30(27(5)42)35-21-32(39(6,7)8)31(23-41(35)36)37-25(3)14-12-15-26(37)4/h9-12,14-19,21-23,34,36,38H,1,13,20H2,2-8H3/q+1/p+1. The zero-order valence-electron chi connectivity index (χ0n) is 26.2. The molecule has 6 rings (SSSR count). The van der Waals surface area contributed by atoms with Crippen LogP contribution >= 0.6 is 0 Å². The van der Waals surface area contributed by atoms with Gasteiger partial charge in [-0.2, -0.15) is 9.13 Å². The molecule has 2 aliphatic heterocycles. The van der Waals surface area contributed by atoms with Crippen LogP contribution in [0.4, 0.5) is 0 Å². The molecule has 0 saturated heterocycles. The van der Waals surface area contributed by atoms with Crippen molar-refractivity contribution in [3.05, 3.63) is 125 Å². The monoisotopic (exact) mass is 556 g/mol.